The summed E-state index contributed by atoms with van der Waals surface area (Å²) in [5.74, 6) is 0.727. The molecular formula is C14H24N2O. The fourth-order valence-electron chi connectivity index (χ4n) is 1.42. The Labute approximate surface area is 105 Å². The van der Waals surface area contributed by atoms with E-state index in [0.29, 0.717) is 6.04 Å². The van der Waals surface area contributed by atoms with E-state index in [4.69, 9.17) is 4.74 Å². The molecule has 1 atom stereocenters. The summed E-state index contributed by atoms with van der Waals surface area (Å²) in [4.78, 5) is 4.48. The van der Waals surface area contributed by atoms with E-state index in [0.717, 1.165) is 24.5 Å². The van der Waals surface area contributed by atoms with Crippen molar-refractivity contribution in [1.29, 1.82) is 0 Å². The van der Waals surface area contributed by atoms with Crippen LogP contribution in [0.5, 0.6) is 5.88 Å². The molecule has 0 saturated heterocycles. The second-order valence-corrected chi connectivity index (χ2v) is 4.77. The number of pyridine rings is 1. The average molecular weight is 236 g/mol. The first kappa shape index (κ1) is 14.0. The Hall–Kier alpha value is -1.09. The molecule has 0 aliphatic rings. The van der Waals surface area contributed by atoms with Crippen LogP contribution in [-0.4, -0.2) is 17.1 Å². The summed E-state index contributed by atoms with van der Waals surface area (Å²) < 4.78 is 5.69. The number of aryl methyl sites for hydroxylation is 1. The largest absolute Gasteiger partial charge is 0.475 e. The normalized spacial score (nSPS) is 12.8. The minimum Gasteiger partial charge on any atom is -0.475 e. The molecule has 0 amide bonds. The van der Waals surface area contributed by atoms with Gasteiger partial charge in [0, 0.05) is 24.3 Å². The second kappa shape index (κ2) is 6.60. The van der Waals surface area contributed by atoms with Crippen molar-refractivity contribution in [3.8, 4) is 5.88 Å². The standard InChI is InChI=1S/C14H24N2O/c1-6-11(4)17-14-8-7-13(12(5)16-14)9-15-10(2)3/h7-8,10-11,15H,6,9H2,1-5H3. The Morgan fingerprint density at radius 3 is 2.53 bits per heavy atom. The van der Waals surface area contributed by atoms with Crippen LogP contribution in [0.2, 0.25) is 0 Å². The van der Waals surface area contributed by atoms with Crippen molar-refractivity contribution in [2.45, 2.75) is 59.7 Å². The molecule has 1 unspecified atom stereocenters. The number of aromatic nitrogens is 1. The molecule has 96 valence electrons. The molecule has 0 aliphatic carbocycles. The van der Waals surface area contributed by atoms with Crippen LogP contribution in [0.3, 0.4) is 0 Å². The summed E-state index contributed by atoms with van der Waals surface area (Å²) in [6, 6.07) is 4.54. The van der Waals surface area contributed by atoms with Gasteiger partial charge in [0.05, 0.1) is 6.10 Å². The Morgan fingerprint density at radius 1 is 1.29 bits per heavy atom. The van der Waals surface area contributed by atoms with E-state index < -0.39 is 0 Å². The molecule has 1 rings (SSSR count). The number of hydrogen-bond acceptors (Lipinski definition) is 3. The van der Waals surface area contributed by atoms with Crippen molar-refractivity contribution in [3.05, 3.63) is 23.4 Å². The number of rotatable bonds is 6. The molecule has 1 aromatic heterocycles. The van der Waals surface area contributed by atoms with Gasteiger partial charge in [-0.3, -0.25) is 0 Å². The Balaban J connectivity index is 2.65. The molecule has 3 heteroatoms. The van der Waals surface area contributed by atoms with Gasteiger partial charge >= 0.3 is 0 Å². The maximum Gasteiger partial charge on any atom is 0.213 e. The first-order valence-electron chi connectivity index (χ1n) is 6.39. The predicted molar refractivity (Wildman–Crippen MR) is 71.3 cm³/mol. The maximum atomic E-state index is 5.69. The second-order valence-electron chi connectivity index (χ2n) is 4.77. The van der Waals surface area contributed by atoms with Crippen molar-refractivity contribution in [1.82, 2.24) is 10.3 Å². The van der Waals surface area contributed by atoms with E-state index in [1.54, 1.807) is 0 Å². The molecule has 0 aliphatic heterocycles. The molecule has 0 saturated carbocycles. The van der Waals surface area contributed by atoms with E-state index in [1.807, 2.05) is 13.0 Å². The van der Waals surface area contributed by atoms with Gasteiger partial charge in [0.25, 0.3) is 0 Å². The number of nitrogens with one attached hydrogen (secondary N) is 1. The maximum absolute atomic E-state index is 5.69. The van der Waals surface area contributed by atoms with Crippen LogP contribution in [-0.2, 0) is 6.54 Å². The summed E-state index contributed by atoms with van der Waals surface area (Å²) in [7, 11) is 0. The zero-order valence-electron chi connectivity index (χ0n) is 11.6. The molecule has 0 fully saturated rings. The van der Waals surface area contributed by atoms with Crippen molar-refractivity contribution in [2.75, 3.05) is 0 Å². The lowest BCUT2D eigenvalue weighted by Crippen LogP contribution is -2.22. The molecule has 1 N–H and O–H groups in total. The van der Waals surface area contributed by atoms with Gasteiger partial charge < -0.3 is 10.1 Å². The van der Waals surface area contributed by atoms with Crippen LogP contribution >= 0.6 is 0 Å². The zero-order valence-corrected chi connectivity index (χ0v) is 11.6. The van der Waals surface area contributed by atoms with Crippen LogP contribution in [0.25, 0.3) is 0 Å². The van der Waals surface area contributed by atoms with Gasteiger partial charge in [-0.05, 0) is 25.8 Å². The van der Waals surface area contributed by atoms with Gasteiger partial charge in [-0.2, -0.15) is 0 Å². The monoisotopic (exact) mass is 236 g/mol. The Morgan fingerprint density at radius 2 is 2.00 bits per heavy atom. The molecule has 17 heavy (non-hydrogen) atoms. The predicted octanol–water partition coefficient (Wildman–Crippen LogP) is 3.07. The lowest BCUT2D eigenvalue weighted by Gasteiger charge is -2.14. The number of hydrogen-bond donors (Lipinski definition) is 1. The topological polar surface area (TPSA) is 34.1 Å². The van der Waals surface area contributed by atoms with Crippen molar-refractivity contribution < 1.29 is 4.74 Å². The fraction of sp³-hybridized carbons (Fsp3) is 0.643. The smallest absolute Gasteiger partial charge is 0.213 e. The summed E-state index contributed by atoms with van der Waals surface area (Å²) in [5.41, 5.74) is 2.27. The third kappa shape index (κ3) is 4.73. The molecule has 0 spiro atoms. The molecule has 1 heterocycles. The average Bonchev–Trinajstić information content (AvgIpc) is 2.27. The first-order chi connectivity index (χ1) is 8.02. The van der Waals surface area contributed by atoms with Gasteiger partial charge in [-0.1, -0.05) is 26.8 Å². The third-order valence-electron chi connectivity index (χ3n) is 2.77. The lowest BCUT2D eigenvalue weighted by molar-refractivity contribution is 0.208. The molecule has 1 aromatic rings. The van der Waals surface area contributed by atoms with Gasteiger partial charge in [-0.15, -0.1) is 0 Å². The van der Waals surface area contributed by atoms with E-state index in [2.05, 4.69) is 44.1 Å². The quantitative estimate of drug-likeness (QED) is 0.824. The van der Waals surface area contributed by atoms with Crippen LogP contribution in [0, 0.1) is 6.92 Å². The highest BCUT2D eigenvalue weighted by atomic mass is 16.5. The van der Waals surface area contributed by atoms with E-state index in [1.165, 1.54) is 5.56 Å². The minimum absolute atomic E-state index is 0.224. The van der Waals surface area contributed by atoms with Gasteiger partial charge in [0.1, 0.15) is 0 Å². The van der Waals surface area contributed by atoms with Gasteiger partial charge in [0.15, 0.2) is 0 Å². The van der Waals surface area contributed by atoms with Crippen molar-refractivity contribution in [3.63, 3.8) is 0 Å². The Kier molecular flexibility index (Phi) is 5.42. The third-order valence-corrected chi connectivity index (χ3v) is 2.77. The van der Waals surface area contributed by atoms with Crippen LogP contribution in [0.4, 0.5) is 0 Å². The summed E-state index contributed by atoms with van der Waals surface area (Å²) in [6.45, 7) is 11.3. The molecule has 0 aromatic carbocycles. The minimum atomic E-state index is 0.224. The van der Waals surface area contributed by atoms with Crippen molar-refractivity contribution in [2.24, 2.45) is 0 Å². The van der Waals surface area contributed by atoms with Crippen molar-refractivity contribution >= 4 is 0 Å². The van der Waals surface area contributed by atoms with E-state index in [-0.39, 0.29) is 6.10 Å². The van der Waals surface area contributed by atoms with Gasteiger partial charge in [0.2, 0.25) is 5.88 Å². The summed E-state index contributed by atoms with van der Waals surface area (Å²) in [5, 5.41) is 3.39. The Bertz CT molecular complexity index is 350. The van der Waals surface area contributed by atoms with Crippen LogP contribution in [0.1, 0.15) is 45.4 Å². The molecule has 0 radical (unpaired) electrons. The summed E-state index contributed by atoms with van der Waals surface area (Å²) >= 11 is 0. The number of ether oxygens (including phenoxy) is 1. The van der Waals surface area contributed by atoms with E-state index >= 15 is 0 Å². The lowest BCUT2D eigenvalue weighted by atomic mass is 10.2. The first-order valence-corrected chi connectivity index (χ1v) is 6.39. The highest BCUT2D eigenvalue weighted by Gasteiger charge is 2.06. The van der Waals surface area contributed by atoms with E-state index in [9.17, 15) is 0 Å². The SMILES string of the molecule is CCC(C)Oc1ccc(CNC(C)C)c(C)n1. The molecule has 0 bridgehead atoms. The zero-order chi connectivity index (χ0) is 12.8. The van der Waals surface area contributed by atoms with Crippen LogP contribution in [0.15, 0.2) is 12.1 Å². The highest BCUT2D eigenvalue weighted by Crippen LogP contribution is 2.14. The number of nitrogens with zero attached hydrogens (tertiary/aromatic N) is 1. The molecular weight excluding hydrogens is 212 g/mol. The fourth-order valence-corrected chi connectivity index (χ4v) is 1.42. The molecule has 3 nitrogen and oxygen atoms in total. The van der Waals surface area contributed by atoms with Crippen LogP contribution < -0.4 is 10.1 Å². The van der Waals surface area contributed by atoms with Gasteiger partial charge in [-0.25, -0.2) is 4.98 Å². The highest BCUT2D eigenvalue weighted by molar-refractivity contribution is 5.25. The summed E-state index contributed by atoms with van der Waals surface area (Å²) in [6.07, 6.45) is 1.22.